The predicted octanol–water partition coefficient (Wildman–Crippen LogP) is 1.11. The standard InChI is InChI=1S/C14H24N2O3S/c1-15-10-4-5-13-6-8-14(9-7-13)20(17,18)16(2)11-12-19-3/h6-9,15H,4-5,10-12H2,1-3H3. The van der Waals surface area contributed by atoms with Crippen LogP contribution in [0.25, 0.3) is 0 Å². The molecule has 5 nitrogen and oxygen atoms in total. The molecule has 0 aromatic heterocycles. The Kier molecular flexibility index (Phi) is 7.15. The van der Waals surface area contributed by atoms with Crippen LogP contribution in [-0.4, -0.2) is 53.6 Å². The fourth-order valence-corrected chi connectivity index (χ4v) is 2.97. The summed E-state index contributed by atoms with van der Waals surface area (Å²) >= 11 is 0. The van der Waals surface area contributed by atoms with Crippen LogP contribution in [0.4, 0.5) is 0 Å². The second-order valence-electron chi connectivity index (χ2n) is 4.67. The summed E-state index contributed by atoms with van der Waals surface area (Å²) in [6.07, 6.45) is 1.98. The summed E-state index contributed by atoms with van der Waals surface area (Å²) in [6, 6.07) is 7.11. The van der Waals surface area contributed by atoms with Crippen LogP contribution < -0.4 is 5.32 Å². The highest BCUT2D eigenvalue weighted by Crippen LogP contribution is 2.15. The van der Waals surface area contributed by atoms with Gasteiger partial charge in [0, 0.05) is 20.7 Å². The van der Waals surface area contributed by atoms with Crippen molar-refractivity contribution in [1.82, 2.24) is 9.62 Å². The molecule has 6 heteroatoms. The van der Waals surface area contributed by atoms with Crippen LogP contribution in [0.2, 0.25) is 0 Å². The van der Waals surface area contributed by atoms with Gasteiger partial charge in [-0.2, -0.15) is 4.31 Å². The molecule has 1 aromatic carbocycles. The van der Waals surface area contributed by atoms with Crippen molar-refractivity contribution < 1.29 is 13.2 Å². The molecule has 0 bridgehead atoms. The first-order chi connectivity index (χ1) is 9.52. The van der Waals surface area contributed by atoms with Crippen molar-refractivity contribution in [2.45, 2.75) is 17.7 Å². The third kappa shape index (κ3) is 4.86. The Bertz CT molecular complexity index is 486. The molecule has 20 heavy (non-hydrogen) atoms. The third-order valence-corrected chi connectivity index (χ3v) is 5.01. The van der Waals surface area contributed by atoms with Crippen LogP contribution >= 0.6 is 0 Å². The van der Waals surface area contributed by atoms with E-state index in [4.69, 9.17) is 4.74 Å². The van der Waals surface area contributed by atoms with E-state index in [2.05, 4.69) is 5.32 Å². The van der Waals surface area contributed by atoms with Gasteiger partial charge in [0.2, 0.25) is 10.0 Å². The summed E-state index contributed by atoms with van der Waals surface area (Å²) in [5.74, 6) is 0. The van der Waals surface area contributed by atoms with Gasteiger partial charge in [0.25, 0.3) is 0 Å². The quantitative estimate of drug-likeness (QED) is 0.694. The van der Waals surface area contributed by atoms with Gasteiger partial charge < -0.3 is 10.1 Å². The van der Waals surface area contributed by atoms with E-state index in [1.54, 1.807) is 26.3 Å². The number of nitrogens with zero attached hydrogens (tertiary/aromatic N) is 1. The summed E-state index contributed by atoms with van der Waals surface area (Å²) in [6.45, 7) is 1.69. The van der Waals surface area contributed by atoms with Gasteiger partial charge in [-0.1, -0.05) is 12.1 Å². The summed E-state index contributed by atoms with van der Waals surface area (Å²) in [4.78, 5) is 0.327. The lowest BCUT2D eigenvalue weighted by molar-refractivity contribution is 0.185. The number of hydrogen-bond donors (Lipinski definition) is 1. The molecule has 1 rings (SSSR count). The van der Waals surface area contributed by atoms with Crippen molar-refractivity contribution >= 4 is 10.0 Å². The summed E-state index contributed by atoms with van der Waals surface area (Å²) in [7, 11) is 1.63. The highest BCUT2D eigenvalue weighted by Gasteiger charge is 2.19. The molecule has 0 fully saturated rings. The Morgan fingerprint density at radius 2 is 1.90 bits per heavy atom. The van der Waals surface area contributed by atoms with Crippen LogP contribution in [0.3, 0.4) is 0 Å². The van der Waals surface area contributed by atoms with E-state index in [9.17, 15) is 8.42 Å². The molecule has 0 aliphatic heterocycles. The number of aryl methyl sites for hydroxylation is 1. The fourth-order valence-electron chi connectivity index (χ4n) is 1.82. The number of likely N-dealkylation sites (N-methyl/N-ethyl adjacent to an activating group) is 1. The molecule has 1 aromatic rings. The lowest BCUT2D eigenvalue weighted by Crippen LogP contribution is -2.30. The van der Waals surface area contributed by atoms with Crippen molar-refractivity contribution in [3.8, 4) is 0 Å². The Labute approximate surface area is 122 Å². The lowest BCUT2D eigenvalue weighted by atomic mass is 10.1. The maximum Gasteiger partial charge on any atom is 0.242 e. The minimum absolute atomic E-state index is 0.327. The molecule has 0 aliphatic carbocycles. The Morgan fingerprint density at radius 1 is 1.25 bits per heavy atom. The van der Waals surface area contributed by atoms with E-state index < -0.39 is 10.0 Å². The molecule has 0 atom stereocenters. The number of ether oxygens (including phenoxy) is 1. The molecule has 0 unspecified atom stereocenters. The molecule has 1 N–H and O–H groups in total. The number of methoxy groups -OCH3 is 1. The van der Waals surface area contributed by atoms with Gasteiger partial charge in [-0.05, 0) is 44.1 Å². The van der Waals surface area contributed by atoms with E-state index in [1.165, 1.54) is 4.31 Å². The summed E-state index contributed by atoms with van der Waals surface area (Å²) < 4.78 is 30.8. The maximum absolute atomic E-state index is 12.3. The molecule has 0 spiro atoms. The molecule has 0 heterocycles. The molecule has 0 saturated heterocycles. The SMILES string of the molecule is CNCCCc1ccc(S(=O)(=O)N(C)CCOC)cc1. The maximum atomic E-state index is 12.3. The van der Waals surface area contributed by atoms with E-state index in [1.807, 2.05) is 19.2 Å². The first-order valence-electron chi connectivity index (χ1n) is 6.71. The highest BCUT2D eigenvalue weighted by atomic mass is 32.2. The van der Waals surface area contributed by atoms with Gasteiger partial charge in [0.05, 0.1) is 11.5 Å². The minimum Gasteiger partial charge on any atom is -0.383 e. The van der Waals surface area contributed by atoms with Gasteiger partial charge in [-0.3, -0.25) is 0 Å². The third-order valence-electron chi connectivity index (χ3n) is 3.13. The number of rotatable bonds is 9. The van der Waals surface area contributed by atoms with Crippen molar-refractivity contribution in [2.24, 2.45) is 0 Å². The molecule has 0 aliphatic rings. The zero-order chi connectivity index (χ0) is 15.0. The number of sulfonamides is 1. The molecular weight excluding hydrogens is 276 g/mol. The van der Waals surface area contributed by atoms with Crippen molar-refractivity contribution in [3.63, 3.8) is 0 Å². The zero-order valence-electron chi connectivity index (χ0n) is 12.4. The average Bonchev–Trinajstić information content (AvgIpc) is 2.45. The zero-order valence-corrected chi connectivity index (χ0v) is 13.2. The van der Waals surface area contributed by atoms with E-state index >= 15 is 0 Å². The number of hydrogen-bond acceptors (Lipinski definition) is 4. The van der Waals surface area contributed by atoms with Crippen molar-refractivity contribution in [3.05, 3.63) is 29.8 Å². The van der Waals surface area contributed by atoms with E-state index in [0.717, 1.165) is 24.9 Å². The van der Waals surface area contributed by atoms with Gasteiger partial charge in [0.1, 0.15) is 0 Å². The van der Waals surface area contributed by atoms with Crippen molar-refractivity contribution in [2.75, 3.05) is 40.9 Å². The van der Waals surface area contributed by atoms with Crippen LogP contribution in [0, 0.1) is 0 Å². The normalized spacial score (nSPS) is 12.0. The second-order valence-corrected chi connectivity index (χ2v) is 6.72. The van der Waals surface area contributed by atoms with Gasteiger partial charge in [0.15, 0.2) is 0 Å². The van der Waals surface area contributed by atoms with Gasteiger partial charge in [-0.25, -0.2) is 8.42 Å². The van der Waals surface area contributed by atoms with Crippen LogP contribution in [0.5, 0.6) is 0 Å². The molecule has 0 saturated carbocycles. The Balaban J connectivity index is 2.71. The monoisotopic (exact) mass is 300 g/mol. The van der Waals surface area contributed by atoms with Gasteiger partial charge in [-0.15, -0.1) is 0 Å². The Morgan fingerprint density at radius 3 is 2.45 bits per heavy atom. The highest BCUT2D eigenvalue weighted by molar-refractivity contribution is 7.89. The molecule has 0 amide bonds. The number of nitrogens with one attached hydrogen (secondary N) is 1. The minimum atomic E-state index is -3.41. The van der Waals surface area contributed by atoms with E-state index in [0.29, 0.717) is 18.0 Å². The van der Waals surface area contributed by atoms with E-state index in [-0.39, 0.29) is 0 Å². The fraction of sp³-hybridized carbons (Fsp3) is 0.571. The molecule has 114 valence electrons. The summed E-state index contributed by atoms with van der Waals surface area (Å²) in [5, 5.41) is 3.09. The first kappa shape index (κ1) is 17.1. The first-order valence-corrected chi connectivity index (χ1v) is 8.15. The average molecular weight is 300 g/mol. The Hall–Kier alpha value is -0.950. The smallest absolute Gasteiger partial charge is 0.242 e. The lowest BCUT2D eigenvalue weighted by Gasteiger charge is -2.16. The van der Waals surface area contributed by atoms with Crippen molar-refractivity contribution in [1.29, 1.82) is 0 Å². The number of benzene rings is 1. The topological polar surface area (TPSA) is 58.6 Å². The van der Waals surface area contributed by atoms with Crippen LogP contribution in [0.15, 0.2) is 29.2 Å². The van der Waals surface area contributed by atoms with Crippen LogP contribution in [0.1, 0.15) is 12.0 Å². The molecule has 0 radical (unpaired) electrons. The summed E-state index contributed by atoms with van der Waals surface area (Å²) in [5.41, 5.74) is 1.15. The largest absolute Gasteiger partial charge is 0.383 e. The predicted molar refractivity (Wildman–Crippen MR) is 80.4 cm³/mol. The van der Waals surface area contributed by atoms with Crippen LogP contribution in [-0.2, 0) is 21.2 Å². The second kappa shape index (κ2) is 8.36. The van der Waals surface area contributed by atoms with Gasteiger partial charge >= 0.3 is 0 Å². The molecular formula is C14H24N2O3S.